The molecule has 0 heterocycles. The second kappa shape index (κ2) is 8.31. The van der Waals surface area contributed by atoms with Crippen LogP contribution in [0.2, 0.25) is 10.0 Å². The zero-order chi connectivity index (χ0) is 22.3. The molecule has 3 nitrogen and oxygen atoms in total. The summed E-state index contributed by atoms with van der Waals surface area (Å²) in [6.45, 7) is 0. The van der Waals surface area contributed by atoms with Crippen molar-refractivity contribution in [3.05, 3.63) is 99.5 Å². The lowest BCUT2D eigenvalue weighted by Crippen LogP contribution is -2.46. The van der Waals surface area contributed by atoms with Crippen molar-refractivity contribution in [2.45, 2.75) is 30.7 Å². The number of hydrogen-bond acceptors (Lipinski definition) is 2. The molecule has 1 spiro atoms. The van der Waals surface area contributed by atoms with Crippen LogP contribution in [0.15, 0.2) is 72.8 Å². The van der Waals surface area contributed by atoms with Crippen LogP contribution >= 0.6 is 23.2 Å². The van der Waals surface area contributed by atoms with Gasteiger partial charge in [-0.3, -0.25) is 4.79 Å². The first-order chi connectivity index (χ1) is 15.5. The Bertz CT molecular complexity index is 1200. The normalized spacial score (nSPS) is 24.1. The van der Waals surface area contributed by atoms with Gasteiger partial charge >= 0.3 is 5.97 Å². The topological polar surface area (TPSA) is 49.3 Å². The number of carboxylic acids is 1. The monoisotopic (exact) mass is 463 g/mol. The number of fused-ring (bicyclic) bond motifs is 2. The van der Waals surface area contributed by atoms with Crippen molar-refractivity contribution >= 4 is 46.5 Å². The lowest BCUT2D eigenvalue weighted by Gasteiger charge is -2.44. The Kier molecular flexibility index (Phi) is 5.48. The van der Waals surface area contributed by atoms with Gasteiger partial charge in [0.25, 0.3) is 0 Å². The Morgan fingerprint density at radius 3 is 2.50 bits per heavy atom. The fraction of sp³-hybridized carbons (Fsp3) is 0.222. The smallest absolute Gasteiger partial charge is 0.308 e. The predicted octanol–water partition coefficient (Wildman–Crippen LogP) is 7.15. The molecule has 32 heavy (non-hydrogen) atoms. The van der Waals surface area contributed by atoms with E-state index in [0.29, 0.717) is 22.9 Å². The van der Waals surface area contributed by atoms with E-state index in [9.17, 15) is 9.90 Å². The summed E-state index contributed by atoms with van der Waals surface area (Å²) in [4.78, 5) is 12.2. The Labute approximate surface area is 197 Å². The van der Waals surface area contributed by atoms with Crippen molar-refractivity contribution in [3.63, 3.8) is 0 Å². The molecule has 0 aliphatic heterocycles. The Morgan fingerprint density at radius 1 is 0.969 bits per heavy atom. The number of benzene rings is 3. The number of nitrogens with one attached hydrogen (secondary N) is 1. The summed E-state index contributed by atoms with van der Waals surface area (Å²) >= 11 is 12.3. The van der Waals surface area contributed by atoms with Crippen LogP contribution < -0.4 is 5.32 Å². The molecule has 5 rings (SSSR count). The van der Waals surface area contributed by atoms with E-state index >= 15 is 0 Å². The first-order valence-electron chi connectivity index (χ1n) is 10.8. The maximum Gasteiger partial charge on any atom is 0.308 e. The highest BCUT2D eigenvalue weighted by Gasteiger charge is 2.49. The van der Waals surface area contributed by atoms with Crippen LogP contribution in [-0.2, 0) is 10.2 Å². The molecule has 2 N–H and O–H groups in total. The van der Waals surface area contributed by atoms with Crippen LogP contribution in [-0.4, -0.2) is 17.1 Å². The number of halogens is 2. The molecule has 1 unspecified atom stereocenters. The van der Waals surface area contributed by atoms with Gasteiger partial charge in [0.1, 0.15) is 0 Å². The third-order valence-electron chi connectivity index (χ3n) is 6.88. The number of carboxylic acid groups (broad SMARTS) is 1. The second-order valence-electron chi connectivity index (χ2n) is 8.68. The summed E-state index contributed by atoms with van der Waals surface area (Å²) in [7, 11) is 0. The van der Waals surface area contributed by atoms with Crippen molar-refractivity contribution in [2.75, 3.05) is 5.32 Å². The fourth-order valence-electron chi connectivity index (χ4n) is 5.44. The highest BCUT2D eigenvalue weighted by atomic mass is 35.5. The number of aliphatic carboxylic acids is 1. The molecule has 5 heteroatoms. The molecular weight excluding hydrogens is 441 g/mol. The molecule has 1 fully saturated rings. The average Bonchev–Trinajstić information content (AvgIpc) is 3.08. The number of hydrogen-bond donors (Lipinski definition) is 2. The highest BCUT2D eigenvalue weighted by molar-refractivity contribution is 6.31. The molecule has 0 saturated heterocycles. The lowest BCUT2D eigenvalue weighted by atomic mass is 9.61. The minimum Gasteiger partial charge on any atom is -0.481 e. The van der Waals surface area contributed by atoms with Gasteiger partial charge in [0.05, 0.1) is 5.92 Å². The Balaban J connectivity index is 1.58. The maximum absolute atomic E-state index is 12.2. The first-order valence-corrected chi connectivity index (χ1v) is 11.5. The van der Waals surface area contributed by atoms with Gasteiger partial charge in [-0.2, -0.15) is 0 Å². The molecule has 2 aliphatic rings. The van der Waals surface area contributed by atoms with E-state index in [4.69, 9.17) is 23.2 Å². The van der Waals surface area contributed by atoms with Crippen molar-refractivity contribution in [1.29, 1.82) is 0 Å². The van der Waals surface area contributed by atoms with Gasteiger partial charge in [-0.15, -0.1) is 0 Å². The van der Waals surface area contributed by atoms with Gasteiger partial charge in [0.2, 0.25) is 0 Å². The molecule has 0 bridgehead atoms. The molecule has 3 aromatic carbocycles. The van der Waals surface area contributed by atoms with Crippen molar-refractivity contribution in [3.8, 4) is 0 Å². The Hall–Kier alpha value is -2.75. The van der Waals surface area contributed by atoms with E-state index in [0.717, 1.165) is 17.7 Å². The van der Waals surface area contributed by atoms with E-state index in [2.05, 4.69) is 47.8 Å². The number of carbonyl (C=O) groups is 1. The number of allylic oxidation sites excluding steroid dienone is 1. The number of rotatable bonds is 4. The molecule has 0 aromatic heterocycles. The van der Waals surface area contributed by atoms with Gasteiger partial charge in [0, 0.05) is 27.2 Å². The van der Waals surface area contributed by atoms with E-state index in [1.807, 2.05) is 36.4 Å². The SMILES string of the molecule is O=C(O)[C@H]1CC[C@@]2(CC1Nc1cccc(Cl)c1)C(c1ccc(Cl)cc1)=Cc1ccccc12. The van der Waals surface area contributed by atoms with Gasteiger partial charge in [-0.1, -0.05) is 65.7 Å². The van der Waals surface area contributed by atoms with Crippen molar-refractivity contribution in [2.24, 2.45) is 5.92 Å². The molecule has 3 atom stereocenters. The average molecular weight is 464 g/mol. The standard InChI is InChI=1S/C27H23Cl2NO2/c28-19-10-8-17(9-11-19)24-14-18-4-1-2-7-23(18)27(24)13-12-22(26(31)32)25(16-27)30-21-6-3-5-20(29)15-21/h1-11,14-15,22,25,30H,12-13,16H2,(H,31,32)/t22-,25?,27-/m0/s1. The van der Waals surface area contributed by atoms with Crippen LogP contribution in [0.1, 0.15) is 36.0 Å². The second-order valence-corrected chi connectivity index (χ2v) is 9.56. The zero-order valence-corrected chi connectivity index (χ0v) is 18.9. The van der Waals surface area contributed by atoms with E-state index in [1.165, 1.54) is 16.7 Å². The highest BCUT2D eigenvalue weighted by Crippen LogP contribution is 2.56. The van der Waals surface area contributed by atoms with Crippen molar-refractivity contribution in [1.82, 2.24) is 0 Å². The third-order valence-corrected chi connectivity index (χ3v) is 7.36. The van der Waals surface area contributed by atoms with E-state index in [1.54, 1.807) is 0 Å². The van der Waals surface area contributed by atoms with Gasteiger partial charge in [0.15, 0.2) is 0 Å². The molecule has 1 saturated carbocycles. The molecule has 162 valence electrons. The Morgan fingerprint density at radius 2 is 1.75 bits per heavy atom. The maximum atomic E-state index is 12.2. The van der Waals surface area contributed by atoms with E-state index < -0.39 is 11.9 Å². The summed E-state index contributed by atoms with van der Waals surface area (Å²) in [6, 6.07) is 23.6. The molecule has 3 aromatic rings. The van der Waals surface area contributed by atoms with Crippen LogP contribution in [0, 0.1) is 5.92 Å². The molecule has 0 radical (unpaired) electrons. The van der Waals surface area contributed by atoms with E-state index in [-0.39, 0.29) is 11.5 Å². The van der Waals surface area contributed by atoms with Crippen LogP contribution in [0.5, 0.6) is 0 Å². The minimum absolute atomic E-state index is 0.235. The molecular formula is C27H23Cl2NO2. The van der Waals surface area contributed by atoms with Crippen LogP contribution in [0.4, 0.5) is 5.69 Å². The summed E-state index contributed by atoms with van der Waals surface area (Å²) in [5.41, 5.74) is 5.42. The lowest BCUT2D eigenvalue weighted by molar-refractivity contribution is -0.143. The van der Waals surface area contributed by atoms with Gasteiger partial charge in [-0.05, 0) is 77.9 Å². The molecule has 2 aliphatic carbocycles. The summed E-state index contributed by atoms with van der Waals surface area (Å²) in [5.74, 6) is -1.23. The first kappa shape index (κ1) is 21.1. The summed E-state index contributed by atoms with van der Waals surface area (Å²) < 4.78 is 0. The largest absolute Gasteiger partial charge is 0.481 e. The fourth-order valence-corrected chi connectivity index (χ4v) is 5.75. The van der Waals surface area contributed by atoms with Crippen LogP contribution in [0.3, 0.4) is 0 Å². The van der Waals surface area contributed by atoms with Gasteiger partial charge < -0.3 is 10.4 Å². The predicted molar refractivity (Wildman–Crippen MR) is 131 cm³/mol. The molecule has 0 amide bonds. The van der Waals surface area contributed by atoms with Gasteiger partial charge in [-0.25, -0.2) is 0 Å². The summed E-state index contributed by atoms with van der Waals surface area (Å²) in [6.07, 6.45) is 4.31. The third kappa shape index (κ3) is 3.70. The zero-order valence-electron chi connectivity index (χ0n) is 17.4. The minimum atomic E-state index is -0.761. The van der Waals surface area contributed by atoms with Crippen molar-refractivity contribution < 1.29 is 9.90 Å². The van der Waals surface area contributed by atoms with Crippen LogP contribution in [0.25, 0.3) is 11.6 Å². The summed E-state index contributed by atoms with van der Waals surface area (Å²) in [5, 5.41) is 14.8. The quantitative estimate of drug-likeness (QED) is 0.431. The number of anilines is 1.